The minimum atomic E-state index is -0.136. The van der Waals surface area contributed by atoms with E-state index in [-0.39, 0.29) is 5.97 Å². The van der Waals surface area contributed by atoms with Crippen LogP contribution < -0.4 is 0 Å². The van der Waals surface area contributed by atoms with Crippen LogP contribution in [-0.4, -0.2) is 42.1 Å². The molecule has 0 atom stereocenters. The number of pyridine rings is 1. The summed E-state index contributed by atoms with van der Waals surface area (Å²) in [5, 5.41) is 1.24. The molecule has 1 aliphatic rings. The van der Waals surface area contributed by atoms with E-state index in [1.165, 1.54) is 22.2 Å². The van der Waals surface area contributed by atoms with Crippen molar-refractivity contribution in [3.05, 3.63) is 41.1 Å². The fourth-order valence-electron chi connectivity index (χ4n) is 3.21. The van der Waals surface area contributed by atoms with Crippen LogP contribution in [0.5, 0.6) is 0 Å². The second kappa shape index (κ2) is 6.44. The second-order valence-electron chi connectivity index (χ2n) is 5.76. The largest absolute Gasteiger partial charge is 0.465 e. The number of carbonyl (C=O) groups excluding carboxylic acids is 1. The Hall–Kier alpha value is -1.94. The van der Waals surface area contributed by atoms with Gasteiger partial charge in [0.15, 0.2) is 0 Å². The number of aryl methyl sites for hydroxylation is 1. The Bertz CT molecular complexity index is 697. The van der Waals surface area contributed by atoms with E-state index in [9.17, 15) is 4.79 Å². The van der Waals surface area contributed by atoms with Gasteiger partial charge in [-0.1, -0.05) is 18.2 Å². The van der Waals surface area contributed by atoms with Crippen LogP contribution in [0, 0.1) is 6.92 Å². The molecule has 0 amide bonds. The van der Waals surface area contributed by atoms with Crippen molar-refractivity contribution >= 4 is 16.9 Å². The van der Waals surface area contributed by atoms with Gasteiger partial charge in [-0.2, -0.15) is 0 Å². The molecule has 4 heteroatoms. The van der Waals surface area contributed by atoms with Crippen molar-refractivity contribution in [3.63, 3.8) is 0 Å². The second-order valence-corrected chi connectivity index (χ2v) is 5.76. The molecule has 0 bridgehead atoms. The summed E-state index contributed by atoms with van der Waals surface area (Å²) < 4.78 is 5.05. The molecule has 0 fully saturated rings. The molecule has 0 spiro atoms. The Morgan fingerprint density at radius 3 is 2.86 bits per heavy atom. The molecule has 0 radical (unpaired) electrons. The van der Waals surface area contributed by atoms with Crippen molar-refractivity contribution in [2.45, 2.75) is 26.7 Å². The molecular formula is C18H22N2O2. The van der Waals surface area contributed by atoms with Gasteiger partial charge in [-0.3, -0.25) is 14.7 Å². The molecular weight excluding hydrogens is 276 g/mol. The van der Waals surface area contributed by atoms with E-state index in [1.807, 2.05) is 13.0 Å². The number of ether oxygens (including phenoxy) is 1. The number of hydrogen-bond acceptors (Lipinski definition) is 4. The summed E-state index contributed by atoms with van der Waals surface area (Å²) >= 11 is 0. The third-order valence-corrected chi connectivity index (χ3v) is 4.37. The highest BCUT2D eigenvalue weighted by Crippen LogP contribution is 2.25. The summed E-state index contributed by atoms with van der Waals surface area (Å²) in [5.41, 5.74) is 4.93. The highest BCUT2D eigenvalue weighted by molar-refractivity contribution is 5.83. The first kappa shape index (κ1) is 15.0. The van der Waals surface area contributed by atoms with E-state index in [0.29, 0.717) is 13.2 Å². The number of rotatable bonds is 3. The van der Waals surface area contributed by atoms with Gasteiger partial charge in [-0.25, -0.2) is 0 Å². The van der Waals surface area contributed by atoms with Crippen molar-refractivity contribution in [2.24, 2.45) is 0 Å². The number of aromatic nitrogens is 1. The summed E-state index contributed by atoms with van der Waals surface area (Å²) in [6.07, 6.45) is 1.83. The maximum Gasteiger partial charge on any atom is 0.320 e. The standard InChI is InChI=1S/C18H22N2O2/c1-3-22-18(21)12-20-10-8-15-13(2)14-6-4-5-7-16(14)19-17(15)9-11-20/h4-7H,3,8-12H2,1-2H3. The lowest BCUT2D eigenvalue weighted by molar-refractivity contribution is -0.144. The Morgan fingerprint density at radius 1 is 1.27 bits per heavy atom. The van der Waals surface area contributed by atoms with Gasteiger partial charge < -0.3 is 4.74 Å². The first-order valence-corrected chi connectivity index (χ1v) is 7.94. The third kappa shape index (κ3) is 2.97. The average Bonchev–Trinajstić information content (AvgIpc) is 2.71. The lowest BCUT2D eigenvalue weighted by Crippen LogP contribution is -2.33. The van der Waals surface area contributed by atoms with Gasteiger partial charge in [0.1, 0.15) is 0 Å². The molecule has 3 rings (SSSR count). The molecule has 1 aliphatic heterocycles. The van der Waals surface area contributed by atoms with E-state index >= 15 is 0 Å². The summed E-state index contributed by atoms with van der Waals surface area (Å²) in [5.74, 6) is -0.136. The van der Waals surface area contributed by atoms with Crippen LogP contribution in [0.25, 0.3) is 10.9 Å². The SMILES string of the molecule is CCOC(=O)CN1CCc2nc3ccccc3c(C)c2CC1. The molecule has 2 heterocycles. The highest BCUT2D eigenvalue weighted by Gasteiger charge is 2.20. The van der Waals surface area contributed by atoms with E-state index < -0.39 is 0 Å². The predicted octanol–water partition coefficient (Wildman–Crippen LogP) is 2.51. The number of fused-ring (bicyclic) bond motifs is 2. The highest BCUT2D eigenvalue weighted by atomic mass is 16.5. The lowest BCUT2D eigenvalue weighted by Gasteiger charge is -2.18. The number of esters is 1. The lowest BCUT2D eigenvalue weighted by atomic mass is 9.99. The molecule has 1 aromatic heterocycles. The zero-order valence-electron chi connectivity index (χ0n) is 13.3. The van der Waals surface area contributed by atoms with Gasteiger partial charge in [-0.15, -0.1) is 0 Å². The van der Waals surface area contributed by atoms with Crippen molar-refractivity contribution in [1.29, 1.82) is 0 Å². The summed E-state index contributed by atoms with van der Waals surface area (Å²) in [6.45, 7) is 6.58. The third-order valence-electron chi connectivity index (χ3n) is 4.37. The molecule has 1 aromatic carbocycles. The topological polar surface area (TPSA) is 42.4 Å². The molecule has 2 aromatic rings. The van der Waals surface area contributed by atoms with Gasteiger partial charge in [0.05, 0.1) is 18.7 Å². The van der Waals surface area contributed by atoms with Crippen LogP contribution in [0.3, 0.4) is 0 Å². The monoisotopic (exact) mass is 298 g/mol. The maximum atomic E-state index is 11.7. The Balaban J connectivity index is 1.83. The van der Waals surface area contributed by atoms with E-state index in [2.05, 4.69) is 30.0 Å². The molecule has 0 N–H and O–H groups in total. The predicted molar refractivity (Wildman–Crippen MR) is 87.0 cm³/mol. The quantitative estimate of drug-likeness (QED) is 0.817. The zero-order chi connectivity index (χ0) is 15.5. The number of nitrogens with zero attached hydrogens (tertiary/aromatic N) is 2. The Labute approximate surface area is 131 Å². The van der Waals surface area contributed by atoms with Crippen LogP contribution in [0.2, 0.25) is 0 Å². The van der Waals surface area contributed by atoms with E-state index in [4.69, 9.17) is 9.72 Å². The van der Waals surface area contributed by atoms with Gasteiger partial charge in [0.25, 0.3) is 0 Å². The zero-order valence-corrected chi connectivity index (χ0v) is 13.3. The minimum Gasteiger partial charge on any atom is -0.465 e. The van der Waals surface area contributed by atoms with Crippen LogP contribution in [0.15, 0.2) is 24.3 Å². The first-order chi connectivity index (χ1) is 10.7. The fraction of sp³-hybridized carbons (Fsp3) is 0.444. The number of benzene rings is 1. The summed E-state index contributed by atoms with van der Waals surface area (Å²) in [6, 6.07) is 8.31. The Kier molecular flexibility index (Phi) is 4.39. The first-order valence-electron chi connectivity index (χ1n) is 7.94. The molecule has 116 valence electrons. The minimum absolute atomic E-state index is 0.136. The van der Waals surface area contributed by atoms with Gasteiger partial charge in [0, 0.05) is 30.6 Å². The van der Waals surface area contributed by atoms with Crippen LogP contribution in [-0.2, 0) is 22.4 Å². The van der Waals surface area contributed by atoms with Crippen LogP contribution in [0.4, 0.5) is 0 Å². The molecule has 0 unspecified atom stereocenters. The van der Waals surface area contributed by atoms with Crippen molar-refractivity contribution in [2.75, 3.05) is 26.2 Å². The smallest absolute Gasteiger partial charge is 0.320 e. The van der Waals surface area contributed by atoms with E-state index in [0.717, 1.165) is 31.4 Å². The van der Waals surface area contributed by atoms with Crippen LogP contribution in [0.1, 0.15) is 23.7 Å². The van der Waals surface area contributed by atoms with Crippen molar-refractivity contribution in [1.82, 2.24) is 9.88 Å². The van der Waals surface area contributed by atoms with E-state index in [1.54, 1.807) is 0 Å². The fourth-order valence-corrected chi connectivity index (χ4v) is 3.21. The number of carbonyl (C=O) groups is 1. The molecule has 22 heavy (non-hydrogen) atoms. The van der Waals surface area contributed by atoms with Gasteiger partial charge in [0.2, 0.25) is 0 Å². The number of para-hydroxylation sites is 1. The molecule has 0 saturated carbocycles. The van der Waals surface area contributed by atoms with Crippen LogP contribution >= 0.6 is 0 Å². The Morgan fingerprint density at radius 2 is 2.05 bits per heavy atom. The maximum absolute atomic E-state index is 11.7. The molecule has 0 saturated heterocycles. The molecule has 4 nitrogen and oxygen atoms in total. The summed E-state index contributed by atoms with van der Waals surface area (Å²) in [7, 11) is 0. The summed E-state index contributed by atoms with van der Waals surface area (Å²) in [4.78, 5) is 18.7. The number of hydrogen-bond donors (Lipinski definition) is 0. The van der Waals surface area contributed by atoms with Crippen molar-refractivity contribution in [3.8, 4) is 0 Å². The average molecular weight is 298 g/mol. The van der Waals surface area contributed by atoms with Crippen molar-refractivity contribution < 1.29 is 9.53 Å². The van der Waals surface area contributed by atoms with Gasteiger partial charge in [-0.05, 0) is 37.5 Å². The normalized spacial score (nSPS) is 15.4. The molecule has 0 aliphatic carbocycles. The van der Waals surface area contributed by atoms with Gasteiger partial charge >= 0.3 is 5.97 Å².